The summed E-state index contributed by atoms with van der Waals surface area (Å²) in [4.78, 5) is 22.2. The van der Waals surface area contributed by atoms with E-state index in [1.54, 1.807) is 13.0 Å². The maximum Gasteiger partial charge on any atom is 0.326 e. The number of benzene rings is 1. The van der Waals surface area contributed by atoms with Crippen LogP contribution in [0.15, 0.2) is 34.8 Å². The van der Waals surface area contributed by atoms with Gasteiger partial charge in [-0.2, -0.15) is 0 Å². The van der Waals surface area contributed by atoms with Gasteiger partial charge in [-0.3, -0.25) is 4.79 Å². The average Bonchev–Trinajstić information content (AvgIpc) is 2.35. The first-order valence-electron chi connectivity index (χ1n) is 5.50. The monoisotopic (exact) mass is 311 g/mol. The second-order valence-corrected chi connectivity index (χ2v) is 4.61. The van der Waals surface area contributed by atoms with Crippen LogP contribution in [0.1, 0.15) is 18.9 Å². The van der Waals surface area contributed by atoms with Crippen LogP contribution in [0.3, 0.4) is 0 Å². The molecule has 5 heteroatoms. The van der Waals surface area contributed by atoms with Crippen molar-refractivity contribution < 1.29 is 14.7 Å². The minimum atomic E-state index is -1.03. The van der Waals surface area contributed by atoms with E-state index in [2.05, 4.69) is 21.2 Å². The Balaban J connectivity index is 2.59. The van der Waals surface area contributed by atoms with E-state index in [0.29, 0.717) is 6.42 Å². The molecule has 1 aromatic carbocycles. The standard InChI is InChI=1S/C13H14BrNO3/c1-2-11(13(17)18)15-12(16)8-5-9-3-6-10(14)7-4-9/h3-8,11H,2H2,1H3,(H,15,16)(H,17,18)/b8-5+/t11-/m0/s1. The minimum absolute atomic E-state index is 0.354. The van der Waals surface area contributed by atoms with E-state index in [1.807, 2.05) is 24.3 Å². The molecule has 0 bridgehead atoms. The van der Waals surface area contributed by atoms with E-state index in [0.717, 1.165) is 10.0 Å². The molecule has 0 aliphatic heterocycles. The summed E-state index contributed by atoms with van der Waals surface area (Å²) in [5.74, 6) is -1.44. The van der Waals surface area contributed by atoms with E-state index in [1.165, 1.54) is 6.08 Å². The zero-order valence-electron chi connectivity index (χ0n) is 9.89. The van der Waals surface area contributed by atoms with Gasteiger partial charge in [0.2, 0.25) is 5.91 Å². The zero-order valence-corrected chi connectivity index (χ0v) is 11.5. The van der Waals surface area contributed by atoms with Crippen molar-refractivity contribution in [3.63, 3.8) is 0 Å². The second-order valence-electron chi connectivity index (χ2n) is 3.69. The third kappa shape index (κ3) is 4.71. The molecule has 0 saturated carbocycles. The number of hydrogen-bond donors (Lipinski definition) is 2. The number of carboxylic acid groups (broad SMARTS) is 1. The number of rotatable bonds is 5. The molecule has 0 fully saturated rings. The summed E-state index contributed by atoms with van der Waals surface area (Å²) in [6.45, 7) is 1.71. The van der Waals surface area contributed by atoms with Gasteiger partial charge in [-0.05, 0) is 30.2 Å². The van der Waals surface area contributed by atoms with Crippen molar-refractivity contribution in [2.75, 3.05) is 0 Å². The van der Waals surface area contributed by atoms with Gasteiger partial charge in [-0.25, -0.2) is 4.79 Å². The molecule has 4 nitrogen and oxygen atoms in total. The molecule has 0 aliphatic rings. The third-order valence-electron chi connectivity index (χ3n) is 2.32. The minimum Gasteiger partial charge on any atom is -0.480 e. The van der Waals surface area contributed by atoms with Gasteiger partial charge in [0.05, 0.1) is 0 Å². The fourth-order valence-electron chi connectivity index (χ4n) is 1.30. The van der Waals surface area contributed by atoms with Gasteiger partial charge in [-0.15, -0.1) is 0 Å². The van der Waals surface area contributed by atoms with Crippen LogP contribution in [-0.2, 0) is 9.59 Å². The Morgan fingerprint density at radius 2 is 2.00 bits per heavy atom. The molecule has 0 spiro atoms. The SMILES string of the molecule is CC[C@H](NC(=O)/C=C/c1ccc(Br)cc1)C(=O)O. The van der Waals surface area contributed by atoms with Crippen molar-refractivity contribution in [2.45, 2.75) is 19.4 Å². The molecule has 0 heterocycles. The van der Waals surface area contributed by atoms with Gasteiger partial charge in [0.25, 0.3) is 0 Å². The number of hydrogen-bond acceptors (Lipinski definition) is 2. The van der Waals surface area contributed by atoms with Crippen molar-refractivity contribution in [2.24, 2.45) is 0 Å². The predicted octanol–water partition coefficient (Wildman–Crippen LogP) is 2.44. The highest BCUT2D eigenvalue weighted by atomic mass is 79.9. The molecule has 1 rings (SSSR count). The topological polar surface area (TPSA) is 66.4 Å². The average molecular weight is 312 g/mol. The molecule has 18 heavy (non-hydrogen) atoms. The highest BCUT2D eigenvalue weighted by Crippen LogP contribution is 2.11. The molecule has 96 valence electrons. The van der Waals surface area contributed by atoms with Crippen molar-refractivity contribution in [3.05, 3.63) is 40.4 Å². The number of carbonyl (C=O) groups is 2. The van der Waals surface area contributed by atoms with Crippen molar-refractivity contribution in [1.29, 1.82) is 0 Å². The number of amides is 1. The Kier molecular flexibility index (Phi) is 5.58. The van der Waals surface area contributed by atoms with Crippen molar-refractivity contribution in [1.82, 2.24) is 5.32 Å². The molecular formula is C13H14BrNO3. The quantitative estimate of drug-likeness (QED) is 0.821. The van der Waals surface area contributed by atoms with E-state index >= 15 is 0 Å². The van der Waals surface area contributed by atoms with Gasteiger partial charge >= 0.3 is 5.97 Å². The first-order valence-corrected chi connectivity index (χ1v) is 6.29. The summed E-state index contributed by atoms with van der Waals surface area (Å²) in [6, 6.07) is 6.59. The molecule has 0 unspecified atom stereocenters. The maximum atomic E-state index is 11.5. The third-order valence-corrected chi connectivity index (χ3v) is 2.85. The predicted molar refractivity (Wildman–Crippen MR) is 73.0 cm³/mol. The van der Waals surface area contributed by atoms with Crippen LogP contribution in [0.2, 0.25) is 0 Å². The van der Waals surface area contributed by atoms with Gasteiger partial charge < -0.3 is 10.4 Å². The van der Waals surface area contributed by atoms with Crippen LogP contribution in [0.5, 0.6) is 0 Å². The smallest absolute Gasteiger partial charge is 0.326 e. The summed E-state index contributed by atoms with van der Waals surface area (Å²) in [7, 11) is 0. The van der Waals surface area contributed by atoms with Crippen LogP contribution in [0, 0.1) is 0 Å². The Bertz CT molecular complexity index is 454. The molecule has 1 aromatic rings. The van der Waals surface area contributed by atoms with Crippen LogP contribution < -0.4 is 5.32 Å². The summed E-state index contributed by atoms with van der Waals surface area (Å²) in [5.41, 5.74) is 0.872. The number of halogens is 1. The van der Waals surface area contributed by atoms with Gasteiger partial charge in [0, 0.05) is 10.5 Å². The van der Waals surface area contributed by atoms with Gasteiger partial charge in [-0.1, -0.05) is 35.0 Å². The number of carbonyl (C=O) groups excluding carboxylic acids is 1. The summed E-state index contributed by atoms with van der Waals surface area (Å²) in [6.07, 6.45) is 3.32. The number of nitrogens with one attached hydrogen (secondary N) is 1. The second kappa shape index (κ2) is 6.96. The fourth-order valence-corrected chi connectivity index (χ4v) is 1.57. The lowest BCUT2D eigenvalue weighted by Crippen LogP contribution is -2.39. The molecule has 1 atom stereocenters. The van der Waals surface area contributed by atoms with Crippen molar-refractivity contribution in [3.8, 4) is 0 Å². The molecule has 0 radical (unpaired) electrons. The number of aliphatic carboxylic acids is 1. The summed E-state index contributed by atoms with van der Waals surface area (Å²) in [5, 5.41) is 11.2. The maximum absolute atomic E-state index is 11.5. The number of carboxylic acids is 1. The molecule has 0 aromatic heterocycles. The Morgan fingerprint density at radius 3 is 2.50 bits per heavy atom. The molecule has 1 amide bonds. The molecule has 0 aliphatic carbocycles. The Hall–Kier alpha value is -1.62. The van der Waals surface area contributed by atoms with E-state index in [4.69, 9.17) is 5.11 Å². The van der Waals surface area contributed by atoms with Gasteiger partial charge in [0.1, 0.15) is 6.04 Å². The van der Waals surface area contributed by atoms with Crippen LogP contribution in [-0.4, -0.2) is 23.0 Å². The highest BCUT2D eigenvalue weighted by molar-refractivity contribution is 9.10. The highest BCUT2D eigenvalue weighted by Gasteiger charge is 2.15. The molecule has 2 N–H and O–H groups in total. The van der Waals surface area contributed by atoms with E-state index < -0.39 is 17.9 Å². The Labute approximate surface area is 114 Å². The normalized spacial score (nSPS) is 12.3. The van der Waals surface area contributed by atoms with E-state index in [-0.39, 0.29) is 0 Å². The van der Waals surface area contributed by atoms with Crippen LogP contribution >= 0.6 is 15.9 Å². The van der Waals surface area contributed by atoms with Crippen LogP contribution in [0.25, 0.3) is 6.08 Å². The lowest BCUT2D eigenvalue weighted by molar-refractivity contribution is -0.141. The Morgan fingerprint density at radius 1 is 1.39 bits per heavy atom. The van der Waals surface area contributed by atoms with Crippen LogP contribution in [0.4, 0.5) is 0 Å². The van der Waals surface area contributed by atoms with Gasteiger partial charge in [0.15, 0.2) is 0 Å². The summed E-state index contributed by atoms with van der Waals surface area (Å²) >= 11 is 3.31. The van der Waals surface area contributed by atoms with Crippen molar-refractivity contribution >= 4 is 33.9 Å². The molecular weight excluding hydrogens is 298 g/mol. The first-order chi connectivity index (χ1) is 8.52. The zero-order chi connectivity index (χ0) is 13.5. The lowest BCUT2D eigenvalue weighted by atomic mass is 10.2. The fraction of sp³-hybridized carbons (Fsp3) is 0.231. The first kappa shape index (κ1) is 14.4. The lowest BCUT2D eigenvalue weighted by Gasteiger charge is -2.09. The van der Waals surface area contributed by atoms with E-state index in [9.17, 15) is 9.59 Å². The molecule has 0 saturated heterocycles. The largest absolute Gasteiger partial charge is 0.480 e. The summed E-state index contributed by atoms with van der Waals surface area (Å²) < 4.78 is 0.959.